The zero-order valence-electron chi connectivity index (χ0n) is 12.8. The Morgan fingerprint density at radius 3 is 2.52 bits per heavy atom. The summed E-state index contributed by atoms with van der Waals surface area (Å²) in [5.41, 5.74) is 5.40. The zero-order chi connectivity index (χ0) is 14.6. The number of carbonyl (C=O) groups is 1. The summed E-state index contributed by atoms with van der Waals surface area (Å²) >= 11 is 0. The van der Waals surface area contributed by atoms with E-state index in [-0.39, 0.29) is 18.3 Å². The van der Waals surface area contributed by atoms with Crippen molar-refractivity contribution < 1.29 is 4.79 Å². The van der Waals surface area contributed by atoms with Gasteiger partial charge in [0.05, 0.1) is 5.54 Å². The highest BCUT2D eigenvalue weighted by molar-refractivity contribution is 5.86. The van der Waals surface area contributed by atoms with Crippen molar-refractivity contribution in [3.8, 4) is 0 Å². The molecule has 1 aromatic heterocycles. The van der Waals surface area contributed by atoms with Crippen molar-refractivity contribution in [2.75, 3.05) is 31.1 Å². The van der Waals surface area contributed by atoms with E-state index in [0.717, 1.165) is 31.7 Å². The Bertz CT molecular complexity index is 444. The summed E-state index contributed by atoms with van der Waals surface area (Å²) in [6.45, 7) is 6.94. The minimum atomic E-state index is -0.734. The topological polar surface area (TPSA) is 62.5 Å². The van der Waals surface area contributed by atoms with E-state index in [9.17, 15) is 4.79 Å². The quantitative estimate of drug-likeness (QED) is 0.918. The predicted molar refractivity (Wildman–Crippen MR) is 87.8 cm³/mol. The zero-order valence-corrected chi connectivity index (χ0v) is 13.6. The van der Waals surface area contributed by atoms with E-state index in [1.54, 1.807) is 6.20 Å². The van der Waals surface area contributed by atoms with Gasteiger partial charge in [-0.2, -0.15) is 0 Å². The van der Waals surface area contributed by atoms with Crippen molar-refractivity contribution in [2.24, 2.45) is 5.73 Å². The summed E-state index contributed by atoms with van der Waals surface area (Å²) in [5, 5.41) is 0. The second-order valence-electron chi connectivity index (χ2n) is 5.63. The van der Waals surface area contributed by atoms with E-state index in [0.29, 0.717) is 13.1 Å². The number of rotatable bonds is 4. The number of nitrogens with two attached hydrogens (primary N) is 1. The highest BCUT2D eigenvalue weighted by Gasteiger charge is 2.33. The second kappa shape index (κ2) is 7.61. The fourth-order valence-corrected chi connectivity index (χ4v) is 2.67. The van der Waals surface area contributed by atoms with Crippen LogP contribution in [0.4, 0.5) is 5.82 Å². The molecule has 5 nitrogen and oxygen atoms in total. The van der Waals surface area contributed by atoms with Gasteiger partial charge in [0.1, 0.15) is 5.82 Å². The van der Waals surface area contributed by atoms with Crippen LogP contribution in [0, 0.1) is 0 Å². The van der Waals surface area contributed by atoms with Gasteiger partial charge in [-0.3, -0.25) is 4.79 Å². The number of aromatic nitrogens is 1. The predicted octanol–water partition coefficient (Wildman–Crippen LogP) is 1.67. The molecule has 0 spiro atoms. The normalized spacial score (nSPS) is 17.9. The first-order valence-corrected chi connectivity index (χ1v) is 7.29. The van der Waals surface area contributed by atoms with Crippen molar-refractivity contribution >= 4 is 24.1 Å². The van der Waals surface area contributed by atoms with Crippen LogP contribution >= 0.6 is 12.4 Å². The van der Waals surface area contributed by atoms with Gasteiger partial charge in [-0.15, -0.1) is 12.4 Å². The van der Waals surface area contributed by atoms with E-state index in [1.165, 1.54) is 0 Å². The molecule has 21 heavy (non-hydrogen) atoms. The molecule has 6 heteroatoms. The summed E-state index contributed by atoms with van der Waals surface area (Å²) < 4.78 is 0. The summed E-state index contributed by atoms with van der Waals surface area (Å²) in [6, 6.07) is 5.90. The first-order valence-electron chi connectivity index (χ1n) is 7.29. The molecule has 0 radical (unpaired) electrons. The Hall–Kier alpha value is -1.33. The highest BCUT2D eigenvalue weighted by atomic mass is 35.5. The summed E-state index contributed by atoms with van der Waals surface area (Å²) in [4.78, 5) is 20.9. The van der Waals surface area contributed by atoms with Gasteiger partial charge >= 0.3 is 0 Å². The lowest BCUT2D eigenvalue weighted by Gasteiger charge is -2.38. The maximum Gasteiger partial charge on any atom is 0.242 e. The minimum Gasteiger partial charge on any atom is -0.353 e. The largest absolute Gasteiger partial charge is 0.353 e. The van der Waals surface area contributed by atoms with Gasteiger partial charge in [-0.05, 0) is 25.5 Å². The molecule has 1 atom stereocenters. The molecule has 0 saturated carbocycles. The minimum absolute atomic E-state index is 0. The van der Waals surface area contributed by atoms with Crippen LogP contribution < -0.4 is 10.6 Å². The number of pyridine rings is 1. The maximum atomic E-state index is 12.4. The molecule has 0 aliphatic carbocycles. The van der Waals surface area contributed by atoms with Crippen molar-refractivity contribution in [1.29, 1.82) is 0 Å². The Kier molecular flexibility index (Phi) is 6.42. The van der Waals surface area contributed by atoms with Crippen molar-refractivity contribution in [2.45, 2.75) is 32.2 Å². The molecular formula is C15H25ClN4O. The fraction of sp³-hybridized carbons (Fsp3) is 0.600. The van der Waals surface area contributed by atoms with E-state index in [1.807, 2.05) is 30.0 Å². The molecule has 1 saturated heterocycles. The summed E-state index contributed by atoms with van der Waals surface area (Å²) in [7, 11) is 0. The van der Waals surface area contributed by atoms with Crippen LogP contribution in [0.15, 0.2) is 24.4 Å². The average molecular weight is 313 g/mol. The number of halogens is 1. The average Bonchev–Trinajstić information content (AvgIpc) is 2.47. The lowest BCUT2D eigenvalue weighted by molar-refractivity contribution is -0.137. The van der Waals surface area contributed by atoms with Gasteiger partial charge in [0, 0.05) is 32.4 Å². The van der Waals surface area contributed by atoms with E-state index >= 15 is 0 Å². The van der Waals surface area contributed by atoms with Crippen LogP contribution in [0.2, 0.25) is 0 Å². The van der Waals surface area contributed by atoms with Crippen LogP contribution in [-0.2, 0) is 4.79 Å². The molecule has 118 valence electrons. The second-order valence-corrected chi connectivity index (χ2v) is 5.63. The molecule has 2 rings (SSSR count). The number of hydrogen-bond acceptors (Lipinski definition) is 4. The van der Waals surface area contributed by atoms with Crippen LogP contribution in [0.5, 0.6) is 0 Å². The first-order chi connectivity index (χ1) is 9.54. The summed E-state index contributed by atoms with van der Waals surface area (Å²) in [5.74, 6) is 1.05. The molecule has 1 unspecified atom stereocenters. The molecule has 1 aliphatic rings. The van der Waals surface area contributed by atoms with E-state index in [2.05, 4.69) is 16.8 Å². The van der Waals surface area contributed by atoms with Crippen molar-refractivity contribution in [1.82, 2.24) is 9.88 Å². The fourth-order valence-electron chi connectivity index (χ4n) is 2.67. The molecule has 1 amide bonds. The van der Waals surface area contributed by atoms with Gasteiger partial charge in [0.2, 0.25) is 5.91 Å². The third-order valence-corrected chi connectivity index (χ3v) is 3.80. The first kappa shape index (κ1) is 17.7. The maximum absolute atomic E-state index is 12.4. The number of hydrogen-bond donors (Lipinski definition) is 1. The van der Waals surface area contributed by atoms with Crippen LogP contribution in [0.1, 0.15) is 26.7 Å². The SMILES string of the molecule is CCCC(C)(N)C(=O)N1CCN(c2ccccn2)CC1.Cl. The van der Waals surface area contributed by atoms with Crippen LogP contribution in [0.25, 0.3) is 0 Å². The van der Waals surface area contributed by atoms with E-state index in [4.69, 9.17) is 5.73 Å². The molecule has 2 heterocycles. The van der Waals surface area contributed by atoms with Crippen molar-refractivity contribution in [3.63, 3.8) is 0 Å². The number of amides is 1. The van der Waals surface area contributed by atoms with Gasteiger partial charge in [0.25, 0.3) is 0 Å². The summed E-state index contributed by atoms with van der Waals surface area (Å²) in [6.07, 6.45) is 3.45. The molecule has 1 fully saturated rings. The lowest BCUT2D eigenvalue weighted by Crippen LogP contribution is -2.58. The number of nitrogens with zero attached hydrogens (tertiary/aromatic N) is 3. The highest BCUT2D eigenvalue weighted by Crippen LogP contribution is 2.17. The Balaban J connectivity index is 0.00000220. The molecular weight excluding hydrogens is 288 g/mol. The van der Waals surface area contributed by atoms with Gasteiger partial charge in [-0.1, -0.05) is 19.4 Å². The molecule has 0 bridgehead atoms. The van der Waals surface area contributed by atoms with Crippen LogP contribution in [-0.4, -0.2) is 47.5 Å². The molecule has 1 aromatic rings. The Morgan fingerprint density at radius 1 is 1.33 bits per heavy atom. The van der Waals surface area contributed by atoms with E-state index < -0.39 is 5.54 Å². The van der Waals surface area contributed by atoms with Crippen LogP contribution in [0.3, 0.4) is 0 Å². The smallest absolute Gasteiger partial charge is 0.242 e. The Labute approximate surface area is 132 Å². The molecule has 1 aliphatic heterocycles. The number of piperazine rings is 1. The van der Waals surface area contributed by atoms with Crippen molar-refractivity contribution in [3.05, 3.63) is 24.4 Å². The molecule has 2 N–H and O–H groups in total. The Morgan fingerprint density at radius 2 is 2.00 bits per heavy atom. The number of carbonyl (C=O) groups excluding carboxylic acids is 1. The van der Waals surface area contributed by atoms with Gasteiger partial charge < -0.3 is 15.5 Å². The third-order valence-electron chi connectivity index (χ3n) is 3.80. The van der Waals surface area contributed by atoms with Gasteiger partial charge in [0.15, 0.2) is 0 Å². The standard InChI is InChI=1S/C15H24N4O.ClH/c1-3-7-15(2,16)14(20)19-11-9-18(10-12-19)13-6-4-5-8-17-13;/h4-6,8H,3,7,9-12,16H2,1-2H3;1H. The monoisotopic (exact) mass is 312 g/mol. The number of anilines is 1. The third kappa shape index (κ3) is 4.32. The lowest BCUT2D eigenvalue weighted by atomic mass is 9.95. The molecule has 0 aromatic carbocycles. The van der Waals surface area contributed by atoms with Gasteiger partial charge in [-0.25, -0.2) is 4.98 Å².